The van der Waals surface area contributed by atoms with E-state index in [-0.39, 0.29) is 13.1 Å². The lowest BCUT2D eigenvalue weighted by molar-refractivity contribution is -0.122. The molecule has 1 aromatic heterocycles. The Morgan fingerprint density at radius 3 is 2.89 bits per heavy atom. The predicted molar refractivity (Wildman–Crippen MR) is 65.2 cm³/mol. The van der Waals surface area contributed by atoms with E-state index in [4.69, 9.17) is 0 Å². The molecular formula is C11H17N3O4. The van der Waals surface area contributed by atoms with E-state index in [0.717, 1.165) is 23.2 Å². The normalized spacial score (nSPS) is 12.1. The molecule has 7 heteroatoms. The Hall–Kier alpha value is -1.89. The molecule has 0 aliphatic rings. The zero-order chi connectivity index (χ0) is 13.5. The highest BCUT2D eigenvalue weighted by Crippen LogP contribution is 1.93. The van der Waals surface area contributed by atoms with Crippen LogP contribution in [0.2, 0.25) is 0 Å². The maximum absolute atomic E-state index is 11.5. The van der Waals surface area contributed by atoms with Crippen LogP contribution < -0.4 is 16.4 Å². The fourth-order valence-corrected chi connectivity index (χ4v) is 1.45. The van der Waals surface area contributed by atoms with Crippen LogP contribution in [0.15, 0.2) is 21.7 Å². The van der Waals surface area contributed by atoms with Crippen LogP contribution in [0, 0.1) is 0 Å². The summed E-state index contributed by atoms with van der Waals surface area (Å²) in [5.74, 6) is -0.436. The van der Waals surface area contributed by atoms with Gasteiger partial charge in [-0.15, -0.1) is 0 Å². The van der Waals surface area contributed by atoms with Gasteiger partial charge >= 0.3 is 0 Å². The molecule has 0 aliphatic carbocycles. The van der Waals surface area contributed by atoms with Crippen LogP contribution in [0.3, 0.4) is 0 Å². The predicted octanol–water partition coefficient (Wildman–Crippen LogP) is -1.19. The molecule has 0 spiro atoms. The van der Waals surface area contributed by atoms with Crippen molar-refractivity contribution in [2.24, 2.45) is 0 Å². The van der Waals surface area contributed by atoms with E-state index in [0.29, 0.717) is 6.42 Å². The molecule has 0 saturated carbocycles. The molecular weight excluding hydrogens is 238 g/mol. The Balaban J connectivity index is 2.52. The maximum atomic E-state index is 11.5. The molecule has 0 saturated heterocycles. The average Bonchev–Trinajstić information content (AvgIpc) is 2.32. The Bertz CT molecular complexity index is 506. The van der Waals surface area contributed by atoms with Crippen molar-refractivity contribution < 1.29 is 9.90 Å². The minimum Gasteiger partial charge on any atom is -0.391 e. The molecule has 1 aromatic rings. The van der Waals surface area contributed by atoms with Gasteiger partial charge in [0.15, 0.2) is 0 Å². The fraction of sp³-hybridized carbons (Fsp3) is 0.545. The molecule has 0 bridgehead atoms. The first-order chi connectivity index (χ1) is 8.52. The Morgan fingerprint density at radius 1 is 1.50 bits per heavy atom. The van der Waals surface area contributed by atoms with Gasteiger partial charge in [0.1, 0.15) is 6.54 Å². The number of carbonyl (C=O) groups excluding carboxylic acids is 1. The van der Waals surface area contributed by atoms with Crippen LogP contribution in [0.1, 0.15) is 19.8 Å². The number of carbonyl (C=O) groups is 1. The number of hydrogen-bond donors (Lipinski definition) is 3. The van der Waals surface area contributed by atoms with E-state index in [1.807, 2.05) is 6.92 Å². The average molecular weight is 255 g/mol. The standard InChI is InChI=1S/C11H17N3O4/c1-2-3-8(15)6-12-10(17)7-14-11(18)5-4-9(16)13-14/h4-5,8,15H,2-3,6-7H2,1H3,(H,12,17)(H,13,16). The summed E-state index contributed by atoms with van der Waals surface area (Å²) in [6.07, 6.45) is 0.829. The van der Waals surface area contributed by atoms with Gasteiger partial charge in [-0.25, -0.2) is 4.68 Å². The molecule has 1 atom stereocenters. The van der Waals surface area contributed by atoms with Crippen molar-refractivity contribution in [2.75, 3.05) is 6.54 Å². The van der Waals surface area contributed by atoms with Gasteiger partial charge in [0.25, 0.3) is 11.1 Å². The van der Waals surface area contributed by atoms with Crippen LogP contribution in [0.25, 0.3) is 0 Å². The van der Waals surface area contributed by atoms with Gasteiger partial charge in [-0.05, 0) is 6.42 Å². The second-order valence-corrected chi connectivity index (χ2v) is 3.98. The summed E-state index contributed by atoms with van der Waals surface area (Å²) in [5, 5.41) is 14.2. The van der Waals surface area contributed by atoms with Gasteiger partial charge in [0.05, 0.1) is 6.10 Å². The number of aromatic amines is 1. The second kappa shape index (κ2) is 6.75. The Kier molecular flexibility index (Phi) is 5.31. The highest BCUT2D eigenvalue weighted by molar-refractivity contribution is 5.75. The Morgan fingerprint density at radius 2 is 2.22 bits per heavy atom. The molecule has 1 amide bonds. The number of hydrogen-bond acceptors (Lipinski definition) is 4. The third-order valence-corrected chi connectivity index (χ3v) is 2.35. The molecule has 1 heterocycles. The molecule has 0 radical (unpaired) electrons. The number of aliphatic hydroxyl groups is 1. The van der Waals surface area contributed by atoms with Crippen molar-refractivity contribution in [1.82, 2.24) is 15.1 Å². The van der Waals surface area contributed by atoms with E-state index >= 15 is 0 Å². The van der Waals surface area contributed by atoms with Crippen LogP contribution >= 0.6 is 0 Å². The summed E-state index contributed by atoms with van der Waals surface area (Å²) in [4.78, 5) is 33.8. The number of aliphatic hydroxyl groups excluding tert-OH is 1. The highest BCUT2D eigenvalue weighted by atomic mass is 16.3. The van der Waals surface area contributed by atoms with Crippen LogP contribution in [-0.2, 0) is 11.3 Å². The third kappa shape index (κ3) is 4.54. The van der Waals surface area contributed by atoms with E-state index < -0.39 is 23.1 Å². The van der Waals surface area contributed by atoms with Crippen molar-refractivity contribution >= 4 is 5.91 Å². The van der Waals surface area contributed by atoms with Gasteiger partial charge < -0.3 is 10.4 Å². The van der Waals surface area contributed by atoms with E-state index in [9.17, 15) is 19.5 Å². The fourth-order valence-electron chi connectivity index (χ4n) is 1.45. The van der Waals surface area contributed by atoms with E-state index in [2.05, 4.69) is 10.4 Å². The van der Waals surface area contributed by atoms with Crippen molar-refractivity contribution in [1.29, 1.82) is 0 Å². The second-order valence-electron chi connectivity index (χ2n) is 3.98. The summed E-state index contributed by atoms with van der Waals surface area (Å²) < 4.78 is 0.921. The van der Waals surface area contributed by atoms with Crippen LogP contribution in [-0.4, -0.2) is 33.4 Å². The topological polar surface area (TPSA) is 104 Å². The number of H-pyrrole nitrogens is 1. The minimum absolute atomic E-state index is 0.137. The first-order valence-corrected chi connectivity index (χ1v) is 5.78. The molecule has 18 heavy (non-hydrogen) atoms. The lowest BCUT2D eigenvalue weighted by atomic mass is 10.2. The number of rotatable bonds is 6. The number of nitrogens with one attached hydrogen (secondary N) is 2. The summed E-state index contributed by atoms with van der Waals surface area (Å²) in [5.41, 5.74) is -0.910. The molecule has 1 unspecified atom stereocenters. The monoisotopic (exact) mass is 255 g/mol. The quantitative estimate of drug-likeness (QED) is 0.594. The molecule has 1 rings (SSSR count). The third-order valence-electron chi connectivity index (χ3n) is 2.35. The molecule has 0 aromatic carbocycles. The minimum atomic E-state index is -0.592. The highest BCUT2D eigenvalue weighted by Gasteiger charge is 2.07. The zero-order valence-corrected chi connectivity index (χ0v) is 10.2. The molecule has 100 valence electrons. The van der Waals surface area contributed by atoms with E-state index in [1.165, 1.54) is 0 Å². The lowest BCUT2D eigenvalue weighted by Gasteiger charge is -2.11. The molecule has 0 aliphatic heterocycles. The molecule has 0 fully saturated rings. The first kappa shape index (κ1) is 14.2. The smallest absolute Gasteiger partial charge is 0.265 e. The largest absolute Gasteiger partial charge is 0.391 e. The molecule has 7 nitrogen and oxygen atoms in total. The number of amides is 1. The lowest BCUT2D eigenvalue weighted by Crippen LogP contribution is -2.38. The maximum Gasteiger partial charge on any atom is 0.265 e. The summed E-state index contributed by atoms with van der Waals surface area (Å²) in [6, 6.07) is 2.19. The summed E-state index contributed by atoms with van der Waals surface area (Å²) >= 11 is 0. The van der Waals surface area contributed by atoms with Crippen molar-refractivity contribution in [3.8, 4) is 0 Å². The van der Waals surface area contributed by atoms with Gasteiger partial charge in [-0.2, -0.15) is 0 Å². The van der Waals surface area contributed by atoms with Gasteiger partial charge in [-0.1, -0.05) is 13.3 Å². The summed E-state index contributed by atoms with van der Waals surface area (Å²) in [7, 11) is 0. The SMILES string of the molecule is CCCC(O)CNC(=O)Cn1[nH]c(=O)ccc1=O. The van der Waals surface area contributed by atoms with Gasteiger partial charge in [-0.3, -0.25) is 19.5 Å². The van der Waals surface area contributed by atoms with E-state index in [1.54, 1.807) is 0 Å². The van der Waals surface area contributed by atoms with Crippen molar-refractivity contribution in [2.45, 2.75) is 32.4 Å². The zero-order valence-electron chi connectivity index (χ0n) is 10.2. The first-order valence-electron chi connectivity index (χ1n) is 5.78. The number of nitrogens with zero attached hydrogens (tertiary/aromatic N) is 1. The van der Waals surface area contributed by atoms with Gasteiger partial charge in [0, 0.05) is 18.7 Å². The van der Waals surface area contributed by atoms with Gasteiger partial charge in [0.2, 0.25) is 5.91 Å². The molecule has 3 N–H and O–H groups in total. The van der Waals surface area contributed by atoms with Crippen molar-refractivity contribution in [3.63, 3.8) is 0 Å². The van der Waals surface area contributed by atoms with Crippen LogP contribution in [0.5, 0.6) is 0 Å². The number of aromatic nitrogens is 2. The van der Waals surface area contributed by atoms with Crippen molar-refractivity contribution in [3.05, 3.63) is 32.8 Å². The van der Waals surface area contributed by atoms with Crippen LogP contribution in [0.4, 0.5) is 0 Å². The Labute approximate surface area is 103 Å². The summed E-state index contributed by atoms with van der Waals surface area (Å²) in [6.45, 7) is 1.80.